The standard InChI is InChI=1S/C17H26N2O/c1-12(2)8-9-13(3)19-17(20)16-10-14-6-4-5-7-15(14)11-18-16/h4-7,12-13,16,18H,8-11H2,1-3H3,(H,19,20)/t13?,16-/m0/s1. The number of hydrogen-bond donors (Lipinski definition) is 2. The molecule has 110 valence electrons. The van der Waals surface area contributed by atoms with Crippen LogP contribution < -0.4 is 10.6 Å². The zero-order chi connectivity index (χ0) is 14.5. The second-order valence-electron chi connectivity index (χ2n) is 6.29. The van der Waals surface area contributed by atoms with E-state index >= 15 is 0 Å². The van der Waals surface area contributed by atoms with Gasteiger partial charge in [-0.05, 0) is 43.2 Å². The number of carbonyl (C=O) groups is 1. The van der Waals surface area contributed by atoms with Gasteiger partial charge in [-0.1, -0.05) is 38.1 Å². The normalized spacial score (nSPS) is 19.5. The average molecular weight is 274 g/mol. The lowest BCUT2D eigenvalue weighted by Gasteiger charge is -2.26. The van der Waals surface area contributed by atoms with Gasteiger partial charge in [0, 0.05) is 12.6 Å². The molecule has 1 aromatic rings. The molecule has 2 rings (SSSR count). The van der Waals surface area contributed by atoms with E-state index < -0.39 is 0 Å². The minimum atomic E-state index is -0.0913. The van der Waals surface area contributed by atoms with E-state index in [9.17, 15) is 4.79 Å². The van der Waals surface area contributed by atoms with Crippen LogP contribution in [0.4, 0.5) is 0 Å². The fourth-order valence-corrected chi connectivity index (χ4v) is 2.64. The van der Waals surface area contributed by atoms with Crippen LogP contribution in [0.15, 0.2) is 24.3 Å². The Morgan fingerprint density at radius 1 is 1.25 bits per heavy atom. The molecule has 1 amide bonds. The maximum atomic E-state index is 12.3. The Labute approximate surface area is 122 Å². The third-order valence-electron chi connectivity index (χ3n) is 3.96. The molecule has 0 aromatic heterocycles. The van der Waals surface area contributed by atoms with Crippen LogP contribution in [0, 0.1) is 5.92 Å². The molecule has 1 aliphatic heterocycles. The van der Waals surface area contributed by atoms with Gasteiger partial charge in [-0.25, -0.2) is 0 Å². The molecule has 2 N–H and O–H groups in total. The number of fused-ring (bicyclic) bond motifs is 1. The molecule has 0 aliphatic carbocycles. The van der Waals surface area contributed by atoms with Crippen LogP contribution in [0.3, 0.4) is 0 Å². The van der Waals surface area contributed by atoms with Crippen molar-refractivity contribution in [3.63, 3.8) is 0 Å². The fourth-order valence-electron chi connectivity index (χ4n) is 2.64. The lowest BCUT2D eigenvalue weighted by Crippen LogP contribution is -2.49. The Kier molecular flexibility index (Phi) is 5.18. The van der Waals surface area contributed by atoms with E-state index in [2.05, 4.69) is 49.6 Å². The van der Waals surface area contributed by atoms with Crippen molar-refractivity contribution in [3.8, 4) is 0 Å². The van der Waals surface area contributed by atoms with E-state index in [4.69, 9.17) is 0 Å². The van der Waals surface area contributed by atoms with E-state index in [-0.39, 0.29) is 18.0 Å². The van der Waals surface area contributed by atoms with E-state index in [1.165, 1.54) is 11.1 Å². The van der Waals surface area contributed by atoms with Gasteiger partial charge in [-0.15, -0.1) is 0 Å². The van der Waals surface area contributed by atoms with E-state index in [0.717, 1.165) is 25.8 Å². The topological polar surface area (TPSA) is 41.1 Å². The van der Waals surface area contributed by atoms with Crippen LogP contribution in [-0.4, -0.2) is 18.0 Å². The largest absolute Gasteiger partial charge is 0.352 e. The second kappa shape index (κ2) is 6.89. The van der Waals surface area contributed by atoms with Crippen molar-refractivity contribution in [2.24, 2.45) is 5.92 Å². The molecule has 0 saturated heterocycles. The Morgan fingerprint density at radius 3 is 2.65 bits per heavy atom. The molecule has 0 spiro atoms. The number of amides is 1. The highest BCUT2D eigenvalue weighted by atomic mass is 16.2. The second-order valence-corrected chi connectivity index (χ2v) is 6.29. The van der Waals surface area contributed by atoms with Crippen LogP contribution in [0.2, 0.25) is 0 Å². The smallest absolute Gasteiger partial charge is 0.237 e. The highest BCUT2D eigenvalue weighted by molar-refractivity contribution is 5.82. The molecule has 0 radical (unpaired) electrons. The summed E-state index contributed by atoms with van der Waals surface area (Å²) < 4.78 is 0. The molecule has 1 unspecified atom stereocenters. The van der Waals surface area contributed by atoms with Crippen molar-refractivity contribution in [2.45, 2.75) is 58.7 Å². The molecule has 2 atom stereocenters. The maximum Gasteiger partial charge on any atom is 0.237 e. The predicted molar refractivity (Wildman–Crippen MR) is 82.5 cm³/mol. The van der Waals surface area contributed by atoms with Crippen LogP contribution in [0.25, 0.3) is 0 Å². The van der Waals surface area contributed by atoms with E-state index in [1.807, 2.05) is 6.07 Å². The van der Waals surface area contributed by atoms with Gasteiger partial charge in [-0.3, -0.25) is 4.79 Å². The van der Waals surface area contributed by atoms with Crippen LogP contribution in [-0.2, 0) is 17.8 Å². The summed E-state index contributed by atoms with van der Waals surface area (Å²) in [5, 5.41) is 6.47. The van der Waals surface area contributed by atoms with Gasteiger partial charge in [0.1, 0.15) is 0 Å². The van der Waals surface area contributed by atoms with Gasteiger partial charge in [0.2, 0.25) is 5.91 Å². The molecule has 0 bridgehead atoms. The van der Waals surface area contributed by atoms with E-state index in [0.29, 0.717) is 5.92 Å². The molecule has 1 heterocycles. The third-order valence-corrected chi connectivity index (χ3v) is 3.96. The van der Waals surface area contributed by atoms with Gasteiger partial charge < -0.3 is 10.6 Å². The van der Waals surface area contributed by atoms with Crippen molar-refractivity contribution >= 4 is 5.91 Å². The van der Waals surface area contributed by atoms with Crippen molar-refractivity contribution in [1.82, 2.24) is 10.6 Å². The molecule has 1 aromatic carbocycles. The monoisotopic (exact) mass is 274 g/mol. The maximum absolute atomic E-state index is 12.3. The van der Waals surface area contributed by atoms with Gasteiger partial charge in [0.05, 0.1) is 6.04 Å². The molecular formula is C17H26N2O. The van der Waals surface area contributed by atoms with Crippen molar-refractivity contribution in [2.75, 3.05) is 0 Å². The molecule has 3 nitrogen and oxygen atoms in total. The first-order chi connectivity index (χ1) is 9.56. The summed E-state index contributed by atoms with van der Waals surface area (Å²) in [6.07, 6.45) is 2.99. The third kappa shape index (κ3) is 4.07. The summed E-state index contributed by atoms with van der Waals surface area (Å²) in [5.41, 5.74) is 2.60. The summed E-state index contributed by atoms with van der Waals surface area (Å²) in [6, 6.07) is 8.51. The Balaban J connectivity index is 1.85. The predicted octanol–water partition coefficient (Wildman–Crippen LogP) is 2.64. The first-order valence-corrected chi connectivity index (χ1v) is 7.66. The lowest BCUT2D eigenvalue weighted by atomic mass is 9.95. The van der Waals surface area contributed by atoms with Gasteiger partial charge in [0.15, 0.2) is 0 Å². The van der Waals surface area contributed by atoms with Gasteiger partial charge >= 0.3 is 0 Å². The van der Waals surface area contributed by atoms with Crippen LogP contribution >= 0.6 is 0 Å². The van der Waals surface area contributed by atoms with Crippen molar-refractivity contribution in [3.05, 3.63) is 35.4 Å². The average Bonchev–Trinajstić information content (AvgIpc) is 2.44. The molecule has 0 saturated carbocycles. The van der Waals surface area contributed by atoms with Crippen LogP contribution in [0.5, 0.6) is 0 Å². The Hall–Kier alpha value is -1.35. The zero-order valence-corrected chi connectivity index (χ0v) is 12.8. The van der Waals surface area contributed by atoms with E-state index in [1.54, 1.807) is 0 Å². The first-order valence-electron chi connectivity index (χ1n) is 7.66. The van der Waals surface area contributed by atoms with Gasteiger partial charge in [0.25, 0.3) is 0 Å². The van der Waals surface area contributed by atoms with Crippen molar-refractivity contribution < 1.29 is 4.79 Å². The zero-order valence-electron chi connectivity index (χ0n) is 12.8. The number of carbonyl (C=O) groups excluding carboxylic acids is 1. The molecule has 20 heavy (non-hydrogen) atoms. The minimum absolute atomic E-state index is 0.0913. The summed E-state index contributed by atoms with van der Waals surface area (Å²) in [7, 11) is 0. The summed E-state index contributed by atoms with van der Waals surface area (Å²) in [4.78, 5) is 12.3. The number of rotatable bonds is 5. The van der Waals surface area contributed by atoms with Crippen molar-refractivity contribution in [1.29, 1.82) is 0 Å². The molecule has 1 aliphatic rings. The number of hydrogen-bond acceptors (Lipinski definition) is 2. The highest BCUT2D eigenvalue weighted by Gasteiger charge is 2.24. The van der Waals surface area contributed by atoms with Gasteiger partial charge in [-0.2, -0.15) is 0 Å². The molecule has 0 fully saturated rings. The summed E-state index contributed by atoms with van der Waals surface area (Å²) >= 11 is 0. The fraction of sp³-hybridized carbons (Fsp3) is 0.588. The number of benzene rings is 1. The summed E-state index contributed by atoms with van der Waals surface area (Å²) in [5.74, 6) is 0.824. The highest BCUT2D eigenvalue weighted by Crippen LogP contribution is 2.16. The Morgan fingerprint density at radius 2 is 1.95 bits per heavy atom. The minimum Gasteiger partial charge on any atom is -0.352 e. The quantitative estimate of drug-likeness (QED) is 0.866. The lowest BCUT2D eigenvalue weighted by molar-refractivity contribution is -0.124. The van der Waals surface area contributed by atoms with Crippen LogP contribution in [0.1, 0.15) is 44.7 Å². The molecular weight excluding hydrogens is 248 g/mol. The number of nitrogens with one attached hydrogen (secondary N) is 2. The SMILES string of the molecule is CC(C)CCC(C)NC(=O)[C@@H]1Cc2ccccc2CN1. The Bertz CT molecular complexity index is 456. The molecule has 3 heteroatoms. The first kappa shape index (κ1) is 15.0. The summed E-state index contributed by atoms with van der Waals surface area (Å²) in [6.45, 7) is 7.31.